The molecule has 2 nitrogen and oxygen atoms in total. The number of rotatable bonds is 6. The summed E-state index contributed by atoms with van der Waals surface area (Å²) in [5.41, 5.74) is 0.622. The highest BCUT2D eigenvalue weighted by atomic mass is 79.9. The van der Waals surface area contributed by atoms with E-state index < -0.39 is 0 Å². The molecule has 2 rings (SSSR count). The standard InChI is InChI=1S/C16H23BrFNO/c1-19-8-2-4-13(11-19)5-3-9-20-12-14-10-15(17)6-7-16(14)18/h6-7,10,13H,2-5,8-9,11-12H2,1H3. The highest BCUT2D eigenvalue weighted by molar-refractivity contribution is 9.10. The average molecular weight is 344 g/mol. The van der Waals surface area contributed by atoms with Crippen LogP contribution in [-0.4, -0.2) is 31.6 Å². The van der Waals surface area contributed by atoms with Gasteiger partial charge in [-0.1, -0.05) is 15.9 Å². The van der Waals surface area contributed by atoms with Crippen LogP contribution in [0.2, 0.25) is 0 Å². The maximum Gasteiger partial charge on any atom is 0.128 e. The lowest BCUT2D eigenvalue weighted by molar-refractivity contribution is 0.106. The van der Waals surface area contributed by atoms with Gasteiger partial charge in [0, 0.05) is 23.2 Å². The Morgan fingerprint density at radius 3 is 3.10 bits per heavy atom. The van der Waals surface area contributed by atoms with E-state index in [1.54, 1.807) is 12.1 Å². The number of benzene rings is 1. The van der Waals surface area contributed by atoms with Crippen molar-refractivity contribution < 1.29 is 9.13 Å². The van der Waals surface area contributed by atoms with Gasteiger partial charge >= 0.3 is 0 Å². The zero-order chi connectivity index (χ0) is 14.4. The van der Waals surface area contributed by atoms with E-state index in [-0.39, 0.29) is 5.82 Å². The number of hydrogen-bond donors (Lipinski definition) is 0. The predicted octanol–water partition coefficient (Wildman–Crippen LogP) is 4.23. The Morgan fingerprint density at radius 1 is 1.45 bits per heavy atom. The van der Waals surface area contributed by atoms with Gasteiger partial charge in [-0.05, 0) is 63.4 Å². The first kappa shape index (κ1) is 15.9. The fourth-order valence-electron chi connectivity index (χ4n) is 2.82. The van der Waals surface area contributed by atoms with Crippen molar-refractivity contribution in [3.63, 3.8) is 0 Å². The summed E-state index contributed by atoms with van der Waals surface area (Å²) in [6.45, 7) is 3.51. The van der Waals surface area contributed by atoms with Crippen molar-refractivity contribution in [2.45, 2.75) is 32.3 Å². The second-order valence-electron chi connectivity index (χ2n) is 5.70. The molecule has 0 amide bonds. The molecule has 1 atom stereocenters. The summed E-state index contributed by atoms with van der Waals surface area (Å²) in [7, 11) is 2.19. The molecule has 1 unspecified atom stereocenters. The lowest BCUT2D eigenvalue weighted by Crippen LogP contribution is -2.32. The fourth-order valence-corrected chi connectivity index (χ4v) is 3.23. The van der Waals surface area contributed by atoms with Crippen LogP contribution < -0.4 is 0 Å². The maximum absolute atomic E-state index is 13.5. The Labute approximate surface area is 129 Å². The highest BCUT2D eigenvalue weighted by Crippen LogP contribution is 2.20. The molecule has 1 aliphatic rings. The van der Waals surface area contributed by atoms with Crippen LogP contribution in [0, 0.1) is 11.7 Å². The van der Waals surface area contributed by atoms with Gasteiger partial charge < -0.3 is 9.64 Å². The lowest BCUT2D eigenvalue weighted by atomic mass is 9.94. The topological polar surface area (TPSA) is 12.5 Å². The smallest absolute Gasteiger partial charge is 0.128 e. The summed E-state index contributed by atoms with van der Waals surface area (Å²) in [6.07, 6.45) is 4.93. The van der Waals surface area contributed by atoms with Crippen LogP contribution in [0.25, 0.3) is 0 Å². The molecule has 0 aliphatic carbocycles. The van der Waals surface area contributed by atoms with Crippen LogP contribution >= 0.6 is 15.9 Å². The SMILES string of the molecule is CN1CCCC(CCCOCc2cc(Br)ccc2F)C1. The second kappa shape index (κ2) is 8.11. The van der Waals surface area contributed by atoms with Gasteiger partial charge in [-0.3, -0.25) is 0 Å². The average Bonchev–Trinajstić information content (AvgIpc) is 2.42. The molecule has 1 saturated heterocycles. The van der Waals surface area contributed by atoms with Gasteiger partial charge in [0.2, 0.25) is 0 Å². The van der Waals surface area contributed by atoms with Crippen molar-refractivity contribution in [3.8, 4) is 0 Å². The van der Waals surface area contributed by atoms with Crippen molar-refractivity contribution in [2.24, 2.45) is 5.92 Å². The van der Waals surface area contributed by atoms with E-state index in [0.29, 0.717) is 18.8 Å². The molecule has 0 bridgehead atoms. The summed E-state index contributed by atoms with van der Waals surface area (Å²) >= 11 is 3.35. The minimum Gasteiger partial charge on any atom is -0.377 e. The number of halogens is 2. The third kappa shape index (κ3) is 5.15. The Hall–Kier alpha value is -0.450. The minimum atomic E-state index is -0.192. The van der Waals surface area contributed by atoms with E-state index in [2.05, 4.69) is 27.9 Å². The predicted molar refractivity (Wildman–Crippen MR) is 83.2 cm³/mol. The van der Waals surface area contributed by atoms with Crippen LogP contribution in [0.1, 0.15) is 31.2 Å². The fraction of sp³-hybridized carbons (Fsp3) is 0.625. The zero-order valence-corrected chi connectivity index (χ0v) is 13.7. The molecule has 0 saturated carbocycles. The largest absolute Gasteiger partial charge is 0.377 e. The van der Waals surface area contributed by atoms with Crippen molar-refractivity contribution in [2.75, 3.05) is 26.7 Å². The Balaban J connectivity index is 1.63. The molecule has 1 fully saturated rings. The normalized spacial score (nSPS) is 20.2. The molecule has 0 radical (unpaired) electrons. The van der Waals surface area contributed by atoms with Crippen molar-refractivity contribution in [1.82, 2.24) is 4.90 Å². The summed E-state index contributed by atoms with van der Waals surface area (Å²) in [5, 5.41) is 0. The zero-order valence-electron chi connectivity index (χ0n) is 12.1. The van der Waals surface area contributed by atoms with E-state index in [1.165, 1.54) is 38.4 Å². The lowest BCUT2D eigenvalue weighted by Gasteiger charge is -2.29. The van der Waals surface area contributed by atoms with E-state index in [9.17, 15) is 4.39 Å². The molecule has 112 valence electrons. The molecule has 0 N–H and O–H groups in total. The van der Waals surface area contributed by atoms with Gasteiger partial charge in [-0.15, -0.1) is 0 Å². The number of hydrogen-bond acceptors (Lipinski definition) is 2. The van der Waals surface area contributed by atoms with Crippen molar-refractivity contribution in [1.29, 1.82) is 0 Å². The first-order valence-electron chi connectivity index (χ1n) is 7.35. The molecule has 20 heavy (non-hydrogen) atoms. The third-order valence-electron chi connectivity index (χ3n) is 3.89. The maximum atomic E-state index is 13.5. The Morgan fingerprint density at radius 2 is 2.30 bits per heavy atom. The summed E-state index contributed by atoms with van der Waals surface area (Å²) in [5.74, 6) is 0.613. The molecule has 1 aromatic carbocycles. The number of nitrogens with zero attached hydrogens (tertiary/aromatic N) is 1. The Bertz CT molecular complexity index is 427. The van der Waals surface area contributed by atoms with Crippen molar-refractivity contribution in [3.05, 3.63) is 34.1 Å². The van der Waals surface area contributed by atoms with E-state index in [1.807, 2.05) is 0 Å². The van der Waals surface area contributed by atoms with Gasteiger partial charge in [0.25, 0.3) is 0 Å². The second-order valence-corrected chi connectivity index (χ2v) is 6.62. The van der Waals surface area contributed by atoms with Gasteiger partial charge in [0.15, 0.2) is 0 Å². The molecular formula is C16H23BrFNO. The molecule has 1 aromatic rings. The third-order valence-corrected chi connectivity index (χ3v) is 4.38. The van der Waals surface area contributed by atoms with Gasteiger partial charge in [-0.2, -0.15) is 0 Å². The van der Waals surface area contributed by atoms with Gasteiger partial charge in [0.1, 0.15) is 5.82 Å². The summed E-state index contributed by atoms with van der Waals surface area (Å²) in [6, 6.07) is 4.96. The first-order chi connectivity index (χ1) is 9.65. The van der Waals surface area contributed by atoms with E-state index in [0.717, 1.165) is 16.8 Å². The number of likely N-dealkylation sites (tertiary alicyclic amines) is 1. The van der Waals surface area contributed by atoms with Gasteiger partial charge in [-0.25, -0.2) is 4.39 Å². The molecular weight excluding hydrogens is 321 g/mol. The number of ether oxygens (including phenoxy) is 1. The van der Waals surface area contributed by atoms with E-state index in [4.69, 9.17) is 4.74 Å². The van der Waals surface area contributed by atoms with Crippen LogP contribution in [0.4, 0.5) is 4.39 Å². The highest BCUT2D eigenvalue weighted by Gasteiger charge is 2.16. The van der Waals surface area contributed by atoms with Crippen LogP contribution in [0.5, 0.6) is 0 Å². The molecule has 1 heterocycles. The summed E-state index contributed by atoms with van der Waals surface area (Å²) in [4.78, 5) is 2.41. The monoisotopic (exact) mass is 343 g/mol. The van der Waals surface area contributed by atoms with E-state index >= 15 is 0 Å². The quantitative estimate of drug-likeness (QED) is 0.716. The van der Waals surface area contributed by atoms with Crippen molar-refractivity contribution >= 4 is 15.9 Å². The summed E-state index contributed by atoms with van der Waals surface area (Å²) < 4.78 is 20.0. The minimum absolute atomic E-state index is 0.192. The molecule has 4 heteroatoms. The first-order valence-corrected chi connectivity index (χ1v) is 8.14. The Kier molecular flexibility index (Phi) is 6.46. The van der Waals surface area contributed by atoms with Crippen LogP contribution in [0.3, 0.4) is 0 Å². The molecule has 0 spiro atoms. The number of piperidine rings is 1. The molecule has 0 aromatic heterocycles. The van der Waals surface area contributed by atoms with Crippen LogP contribution in [-0.2, 0) is 11.3 Å². The van der Waals surface area contributed by atoms with Crippen LogP contribution in [0.15, 0.2) is 22.7 Å². The molecule has 1 aliphatic heterocycles. The van der Waals surface area contributed by atoms with Gasteiger partial charge in [0.05, 0.1) is 6.61 Å².